The molecule has 1 N–H and O–H groups in total. The Hall–Kier alpha value is -1.02. The Morgan fingerprint density at radius 3 is 2.47 bits per heavy atom. The molecular formula is C15H24N2. The molecule has 1 aliphatic heterocycles. The monoisotopic (exact) mass is 232 g/mol. The third-order valence-corrected chi connectivity index (χ3v) is 3.81. The van der Waals surface area contributed by atoms with Crippen LogP contribution in [0.25, 0.3) is 0 Å². The van der Waals surface area contributed by atoms with E-state index in [-0.39, 0.29) is 0 Å². The topological polar surface area (TPSA) is 15.3 Å². The van der Waals surface area contributed by atoms with E-state index in [0.29, 0.717) is 0 Å². The first kappa shape index (κ1) is 12.4. The summed E-state index contributed by atoms with van der Waals surface area (Å²) < 4.78 is 0. The Morgan fingerprint density at radius 2 is 1.82 bits per heavy atom. The zero-order valence-corrected chi connectivity index (χ0v) is 11.1. The lowest BCUT2D eigenvalue weighted by Crippen LogP contribution is -2.30. The molecule has 1 heterocycles. The first-order valence-corrected chi connectivity index (χ1v) is 6.74. The van der Waals surface area contributed by atoms with Crippen molar-refractivity contribution in [1.29, 1.82) is 0 Å². The van der Waals surface area contributed by atoms with Gasteiger partial charge in [-0.15, -0.1) is 0 Å². The maximum atomic E-state index is 3.43. The Bertz CT molecular complexity index is 325. The number of aryl methyl sites for hydroxylation is 1. The second-order valence-corrected chi connectivity index (χ2v) is 5.24. The first-order valence-electron chi connectivity index (χ1n) is 6.74. The Balaban J connectivity index is 1.80. The van der Waals surface area contributed by atoms with Gasteiger partial charge in [-0.05, 0) is 57.3 Å². The van der Waals surface area contributed by atoms with Crippen LogP contribution >= 0.6 is 0 Å². The van der Waals surface area contributed by atoms with Crippen LogP contribution in [0.2, 0.25) is 0 Å². The number of nitrogens with zero attached hydrogens (tertiary/aromatic N) is 1. The minimum Gasteiger partial charge on any atom is -0.375 e. The highest BCUT2D eigenvalue weighted by Crippen LogP contribution is 2.19. The van der Waals surface area contributed by atoms with Gasteiger partial charge in [0.15, 0.2) is 0 Å². The van der Waals surface area contributed by atoms with Crippen molar-refractivity contribution >= 4 is 5.69 Å². The van der Waals surface area contributed by atoms with E-state index < -0.39 is 0 Å². The fraction of sp³-hybridized carbons (Fsp3) is 0.600. The van der Waals surface area contributed by atoms with E-state index in [1.165, 1.54) is 50.1 Å². The first-order chi connectivity index (χ1) is 8.25. The summed E-state index contributed by atoms with van der Waals surface area (Å²) in [6.07, 6.45) is 4.02. The molecule has 0 radical (unpaired) electrons. The van der Waals surface area contributed by atoms with E-state index in [1.807, 2.05) is 0 Å². The number of hydrogen-bond acceptors (Lipinski definition) is 2. The van der Waals surface area contributed by atoms with Crippen molar-refractivity contribution in [3.05, 3.63) is 29.8 Å². The van der Waals surface area contributed by atoms with Crippen molar-refractivity contribution in [3.8, 4) is 0 Å². The van der Waals surface area contributed by atoms with Crippen molar-refractivity contribution < 1.29 is 0 Å². The van der Waals surface area contributed by atoms with E-state index >= 15 is 0 Å². The second kappa shape index (κ2) is 6.06. The van der Waals surface area contributed by atoms with Crippen LogP contribution in [-0.2, 0) is 0 Å². The lowest BCUT2D eigenvalue weighted by molar-refractivity contribution is 0.356. The van der Waals surface area contributed by atoms with Crippen LogP contribution in [0.15, 0.2) is 24.3 Å². The fourth-order valence-electron chi connectivity index (χ4n) is 2.47. The van der Waals surface area contributed by atoms with Gasteiger partial charge in [-0.25, -0.2) is 0 Å². The van der Waals surface area contributed by atoms with Gasteiger partial charge in [0.1, 0.15) is 0 Å². The van der Waals surface area contributed by atoms with Gasteiger partial charge in [0.2, 0.25) is 0 Å². The van der Waals surface area contributed by atoms with Crippen LogP contribution in [0, 0.1) is 12.8 Å². The number of hydrogen-bond donors (Lipinski definition) is 1. The van der Waals surface area contributed by atoms with Gasteiger partial charge in [-0.1, -0.05) is 17.7 Å². The van der Waals surface area contributed by atoms with E-state index in [0.717, 1.165) is 5.92 Å². The lowest BCUT2D eigenvalue weighted by atomic mass is 9.94. The van der Waals surface area contributed by atoms with Gasteiger partial charge < -0.3 is 10.2 Å². The maximum Gasteiger partial charge on any atom is 0.0363 e. The Labute approximate surface area is 105 Å². The summed E-state index contributed by atoms with van der Waals surface area (Å²) in [5, 5.41) is 3.43. The largest absolute Gasteiger partial charge is 0.375 e. The van der Waals surface area contributed by atoms with Crippen molar-refractivity contribution in [2.45, 2.75) is 26.2 Å². The van der Waals surface area contributed by atoms with Gasteiger partial charge in [0.05, 0.1) is 0 Å². The van der Waals surface area contributed by atoms with Gasteiger partial charge >= 0.3 is 0 Å². The molecule has 0 bridgehead atoms. The van der Waals surface area contributed by atoms with Crippen LogP contribution in [-0.4, -0.2) is 26.7 Å². The molecule has 1 aliphatic rings. The minimum absolute atomic E-state index is 0.921. The van der Waals surface area contributed by atoms with Crippen LogP contribution in [0.5, 0.6) is 0 Å². The quantitative estimate of drug-likeness (QED) is 0.858. The normalized spacial score (nSPS) is 17.1. The van der Waals surface area contributed by atoms with Crippen molar-refractivity contribution in [3.63, 3.8) is 0 Å². The number of anilines is 1. The molecule has 1 fully saturated rings. The summed E-state index contributed by atoms with van der Waals surface area (Å²) in [7, 11) is 2.20. The molecule has 17 heavy (non-hydrogen) atoms. The summed E-state index contributed by atoms with van der Waals surface area (Å²) in [5.74, 6) is 0.921. The summed E-state index contributed by atoms with van der Waals surface area (Å²) in [6.45, 7) is 5.73. The van der Waals surface area contributed by atoms with Gasteiger partial charge in [-0.3, -0.25) is 0 Å². The number of nitrogens with one attached hydrogen (secondary N) is 1. The molecule has 0 unspecified atom stereocenters. The van der Waals surface area contributed by atoms with E-state index in [1.54, 1.807) is 0 Å². The summed E-state index contributed by atoms with van der Waals surface area (Å²) >= 11 is 0. The SMILES string of the molecule is Cc1ccc(N(C)CCC2CCNCC2)cc1. The third kappa shape index (κ3) is 3.74. The fourth-order valence-corrected chi connectivity index (χ4v) is 2.47. The van der Waals surface area contributed by atoms with Crippen LogP contribution in [0.4, 0.5) is 5.69 Å². The molecule has 0 spiro atoms. The number of piperidine rings is 1. The number of rotatable bonds is 4. The molecule has 2 heteroatoms. The molecule has 2 nitrogen and oxygen atoms in total. The molecule has 1 saturated heterocycles. The smallest absolute Gasteiger partial charge is 0.0363 e. The standard InChI is InChI=1S/C15H24N2/c1-13-3-5-15(6-4-13)17(2)12-9-14-7-10-16-11-8-14/h3-6,14,16H,7-12H2,1-2H3. The molecule has 0 amide bonds. The predicted octanol–water partition coefficient (Wildman–Crippen LogP) is 2.82. The van der Waals surface area contributed by atoms with E-state index in [4.69, 9.17) is 0 Å². The van der Waals surface area contributed by atoms with Crippen molar-refractivity contribution in [2.75, 3.05) is 31.6 Å². The Kier molecular flexibility index (Phi) is 4.43. The molecule has 0 aromatic heterocycles. The molecule has 0 aliphatic carbocycles. The highest BCUT2D eigenvalue weighted by Gasteiger charge is 2.13. The van der Waals surface area contributed by atoms with Gasteiger partial charge in [0, 0.05) is 19.3 Å². The van der Waals surface area contributed by atoms with Crippen molar-refractivity contribution in [1.82, 2.24) is 5.32 Å². The zero-order valence-electron chi connectivity index (χ0n) is 11.1. The lowest BCUT2D eigenvalue weighted by Gasteiger charge is -2.26. The molecule has 0 saturated carbocycles. The van der Waals surface area contributed by atoms with E-state index in [2.05, 4.69) is 48.5 Å². The van der Waals surface area contributed by atoms with E-state index in [9.17, 15) is 0 Å². The summed E-state index contributed by atoms with van der Waals surface area (Å²) in [4.78, 5) is 2.38. The van der Waals surface area contributed by atoms with Crippen LogP contribution in [0.1, 0.15) is 24.8 Å². The average molecular weight is 232 g/mol. The van der Waals surface area contributed by atoms with Gasteiger partial charge in [-0.2, -0.15) is 0 Å². The van der Waals surface area contributed by atoms with Crippen molar-refractivity contribution in [2.24, 2.45) is 5.92 Å². The molecule has 94 valence electrons. The molecule has 1 aromatic rings. The predicted molar refractivity (Wildman–Crippen MR) is 74.7 cm³/mol. The highest BCUT2D eigenvalue weighted by molar-refractivity contribution is 5.46. The molecule has 2 rings (SSSR count). The minimum atomic E-state index is 0.921. The van der Waals surface area contributed by atoms with Gasteiger partial charge in [0.25, 0.3) is 0 Å². The summed E-state index contributed by atoms with van der Waals surface area (Å²) in [5.41, 5.74) is 2.67. The molecule has 0 atom stereocenters. The van der Waals surface area contributed by atoms with Crippen LogP contribution in [0.3, 0.4) is 0 Å². The maximum absolute atomic E-state index is 3.43. The van der Waals surface area contributed by atoms with Crippen LogP contribution < -0.4 is 10.2 Å². The molecule has 1 aromatic carbocycles. The Morgan fingerprint density at radius 1 is 1.18 bits per heavy atom. The third-order valence-electron chi connectivity index (χ3n) is 3.81. The highest BCUT2D eigenvalue weighted by atomic mass is 15.1. The molecular weight excluding hydrogens is 208 g/mol. The zero-order chi connectivity index (χ0) is 12.1. The average Bonchev–Trinajstić information content (AvgIpc) is 2.38. The second-order valence-electron chi connectivity index (χ2n) is 5.24. The number of benzene rings is 1. The summed E-state index contributed by atoms with van der Waals surface area (Å²) in [6, 6.07) is 8.82.